The molecule has 10 heteroatoms. The molecular formula is C32H31N2NaO7. The van der Waals surface area contributed by atoms with Crippen molar-refractivity contribution in [2.45, 2.75) is 32.6 Å². The summed E-state index contributed by atoms with van der Waals surface area (Å²) in [5, 5.41) is 8.93. The number of hydrogen-bond acceptors (Lipinski definition) is 6. The number of fused-ring (bicyclic) bond motifs is 2. The largest absolute Gasteiger partial charge is 1.00 e. The van der Waals surface area contributed by atoms with E-state index < -0.39 is 5.97 Å². The van der Waals surface area contributed by atoms with Crippen LogP contribution < -0.4 is 29.6 Å². The van der Waals surface area contributed by atoms with Gasteiger partial charge in [-0.05, 0) is 43.7 Å². The van der Waals surface area contributed by atoms with Crippen molar-refractivity contribution in [3.63, 3.8) is 0 Å². The van der Waals surface area contributed by atoms with Crippen molar-refractivity contribution in [2.24, 2.45) is 0 Å². The van der Waals surface area contributed by atoms with E-state index in [1.54, 1.807) is 25.5 Å². The van der Waals surface area contributed by atoms with Crippen LogP contribution in [0.25, 0.3) is 22.2 Å². The molecule has 0 amide bonds. The number of H-pyrrole nitrogens is 2. The number of carbonyl (C=O) groups is 2. The summed E-state index contributed by atoms with van der Waals surface area (Å²) < 4.78 is 15.9. The molecule has 6 rings (SSSR count). The van der Waals surface area contributed by atoms with Crippen molar-refractivity contribution in [3.05, 3.63) is 119 Å². The first-order chi connectivity index (χ1) is 19.5. The first-order valence-electron chi connectivity index (χ1n) is 13.2. The minimum atomic E-state index is -0.972. The van der Waals surface area contributed by atoms with Crippen molar-refractivity contribution in [3.8, 4) is 0 Å². The molecule has 0 bridgehead atoms. The molecular weight excluding hydrogens is 547 g/mol. The molecule has 0 saturated carbocycles. The maximum Gasteiger partial charge on any atom is 1.00 e. The van der Waals surface area contributed by atoms with Crippen LogP contribution in [0.3, 0.4) is 0 Å². The number of ether oxygens (including phenoxy) is 1. The molecule has 9 nitrogen and oxygen atoms in total. The second-order valence-electron chi connectivity index (χ2n) is 9.36. The van der Waals surface area contributed by atoms with E-state index in [2.05, 4.69) is 34.2 Å². The van der Waals surface area contributed by atoms with E-state index in [9.17, 15) is 9.59 Å². The Bertz CT molecular complexity index is 1720. The Kier molecular flexibility index (Phi) is 11.8. The van der Waals surface area contributed by atoms with Gasteiger partial charge in [-0.1, -0.05) is 60.7 Å². The van der Waals surface area contributed by atoms with Gasteiger partial charge in [0.1, 0.15) is 11.4 Å². The zero-order valence-electron chi connectivity index (χ0n) is 23.6. The predicted octanol–water partition coefficient (Wildman–Crippen LogP) is 3.79. The second-order valence-corrected chi connectivity index (χ2v) is 9.36. The molecule has 6 aromatic rings. The van der Waals surface area contributed by atoms with Gasteiger partial charge in [0.2, 0.25) is 0 Å². The van der Waals surface area contributed by atoms with Crippen molar-refractivity contribution >= 4 is 34.1 Å². The molecule has 0 spiro atoms. The molecule has 212 valence electrons. The third-order valence-electron chi connectivity index (χ3n) is 6.64. The Morgan fingerprint density at radius 3 is 1.64 bits per heavy atom. The number of nitrogens with one attached hydrogen (secondary N) is 2. The first-order valence-corrected chi connectivity index (χ1v) is 13.2. The van der Waals surface area contributed by atoms with Crippen LogP contribution in [0.2, 0.25) is 0 Å². The fourth-order valence-electron chi connectivity index (χ4n) is 4.57. The second kappa shape index (κ2) is 15.3. The topological polar surface area (TPSA) is 151 Å². The minimum Gasteiger partial charge on any atom is -0.870 e. The quantitative estimate of drug-likeness (QED) is 0.174. The third-order valence-corrected chi connectivity index (χ3v) is 6.64. The molecule has 0 fully saturated rings. The van der Waals surface area contributed by atoms with Crippen LogP contribution in [-0.2, 0) is 30.4 Å². The number of carboxylic acids is 1. The Morgan fingerprint density at radius 2 is 1.19 bits per heavy atom. The van der Waals surface area contributed by atoms with Gasteiger partial charge in [0.15, 0.2) is 11.2 Å². The average Bonchev–Trinajstić information content (AvgIpc) is 3.74. The number of carbonyl (C=O) groups excluding carboxylic acids is 1. The fourth-order valence-corrected chi connectivity index (χ4v) is 4.57. The normalized spacial score (nSPS) is 10.4. The van der Waals surface area contributed by atoms with E-state index in [0.29, 0.717) is 23.5 Å². The molecule has 0 unspecified atom stereocenters. The van der Waals surface area contributed by atoms with Crippen LogP contribution >= 0.6 is 0 Å². The number of carboxylic acid groups (broad SMARTS) is 1. The smallest absolute Gasteiger partial charge is 0.870 e. The minimum absolute atomic E-state index is 0. The molecule has 0 aliphatic rings. The molecule has 0 radical (unpaired) electrons. The molecule has 42 heavy (non-hydrogen) atoms. The van der Waals surface area contributed by atoms with E-state index in [-0.39, 0.29) is 46.7 Å². The van der Waals surface area contributed by atoms with Crippen LogP contribution in [0.1, 0.15) is 50.2 Å². The Morgan fingerprint density at radius 1 is 0.738 bits per heavy atom. The number of aromatic nitrogens is 2. The van der Waals surface area contributed by atoms with Gasteiger partial charge < -0.3 is 34.1 Å². The summed E-state index contributed by atoms with van der Waals surface area (Å²) >= 11 is 0. The summed E-state index contributed by atoms with van der Waals surface area (Å²) in [6.45, 7) is 2.15. The molecule has 4 heterocycles. The molecule has 0 saturated heterocycles. The van der Waals surface area contributed by atoms with Crippen molar-refractivity contribution in [1.82, 2.24) is 9.97 Å². The summed E-state index contributed by atoms with van der Waals surface area (Å²) in [5.74, 6) is -1.32. The maximum absolute atomic E-state index is 11.7. The first kappa shape index (κ1) is 32.5. The van der Waals surface area contributed by atoms with Gasteiger partial charge in [0.05, 0.1) is 30.2 Å². The van der Waals surface area contributed by atoms with Gasteiger partial charge >= 0.3 is 41.5 Å². The van der Waals surface area contributed by atoms with E-state index >= 15 is 0 Å². The Labute approximate surface area is 264 Å². The molecule has 0 atom stereocenters. The maximum atomic E-state index is 11.7. The van der Waals surface area contributed by atoms with Gasteiger partial charge in [0, 0.05) is 23.3 Å². The van der Waals surface area contributed by atoms with Crippen molar-refractivity contribution in [2.75, 3.05) is 6.61 Å². The monoisotopic (exact) mass is 578 g/mol. The molecule has 4 aromatic heterocycles. The molecule has 4 N–H and O–H groups in total. The zero-order chi connectivity index (χ0) is 27.9. The number of aromatic amines is 2. The van der Waals surface area contributed by atoms with Crippen LogP contribution in [0, 0.1) is 0 Å². The summed E-state index contributed by atoms with van der Waals surface area (Å²) in [6.07, 6.45) is 6.95. The van der Waals surface area contributed by atoms with Crippen LogP contribution in [0.5, 0.6) is 0 Å². The third kappa shape index (κ3) is 7.83. The standard InChI is InChI=1S/C17H17NO3.C15H13NO3.Na.H2O/c1-2-20-17(19)14-10-15-16(18-14)13(11-21-15)9-8-12-6-4-3-5-7-12;17-15(18)12-8-13-14(16-12)11(9-19-13)7-6-10-4-2-1-3-5-10;;/h3-7,10-11,18H,2,8-9H2,1H3;1-5,8-9,16H,6-7H2,(H,17,18);;1H2/q;;+1;/p-1. The van der Waals surface area contributed by atoms with Crippen molar-refractivity contribution in [1.29, 1.82) is 0 Å². The van der Waals surface area contributed by atoms with E-state index in [4.69, 9.17) is 18.7 Å². The van der Waals surface area contributed by atoms with Gasteiger partial charge in [-0.15, -0.1) is 0 Å². The fraction of sp³-hybridized carbons (Fsp3) is 0.188. The summed E-state index contributed by atoms with van der Waals surface area (Å²) in [6, 6.07) is 23.7. The van der Waals surface area contributed by atoms with Gasteiger partial charge in [0.25, 0.3) is 0 Å². The summed E-state index contributed by atoms with van der Waals surface area (Å²) in [5.41, 5.74) is 8.17. The number of aryl methyl sites for hydroxylation is 4. The van der Waals surface area contributed by atoms with Gasteiger partial charge in [-0.3, -0.25) is 0 Å². The number of hydrogen-bond donors (Lipinski definition) is 3. The SMILES string of the molecule is CCOC(=O)c1cc2occ(CCc3ccccc3)c2[nH]1.O=C(O)c1cc2occ(CCc3ccccc3)c2[nH]1.[Na+].[OH-]. The molecule has 0 aliphatic carbocycles. The van der Waals surface area contributed by atoms with Crippen molar-refractivity contribution < 1.29 is 63.3 Å². The van der Waals surface area contributed by atoms with E-state index in [1.807, 2.05) is 36.4 Å². The molecule has 0 aliphatic heterocycles. The predicted molar refractivity (Wildman–Crippen MR) is 154 cm³/mol. The van der Waals surface area contributed by atoms with Crippen LogP contribution in [0.4, 0.5) is 0 Å². The zero-order valence-corrected chi connectivity index (χ0v) is 25.6. The summed E-state index contributed by atoms with van der Waals surface area (Å²) in [7, 11) is 0. The average molecular weight is 579 g/mol. The van der Waals surface area contributed by atoms with E-state index in [0.717, 1.165) is 47.8 Å². The number of rotatable bonds is 9. The van der Waals surface area contributed by atoms with Gasteiger partial charge in [-0.25, -0.2) is 9.59 Å². The number of aromatic carboxylic acids is 1. The summed E-state index contributed by atoms with van der Waals surface area (Å²) in [4.78, 5) is 28.6. The number of furan rings is 2. The number of benzene rings is 2. The van der Waals surface area contributed by atoms with Crippen LogP contribution in [0.15, 0.2) is 94.2 Å². The number of esters is 1. The molecule has 2 aromatic carbocycles. The Balaban J connectivity index is 0.000000221. The van der Waals surface area contributed by atoms with Gasteiger partial charge in [-0.2, -0.15) is 0 Å². The Hall–Kier alpha value is -4.02. The van der Waals surface area contributed by atoms with E-state index in [1.165, 1.54) is 17.2 Å². The van der Waals surface area contributed by atoms with Crippen LogP contribution in [-0.4, -0.2) is 39.1 Å².